The number of carbonyl (C=O) groups excluding carboxylic acids is 1. The third kappa shape index (κ3) is 5.03. The minimum absolute atomic E-state index is 0.0929. The normalized spacial score (nSPS) is 22.6. The van der Waals surface area contributed by atoms with Crippen LogP contribution in [0.1, 0.15) is 37.7 Å². The number of aliphatic hydroxyl groups excluding tert-OH is 1. The number of anilines is 1. The van der Waals surface area contributed by atoms with Crippen LogP contribution in [0, 0.1) is 5.92 Å². The lowest BCUT2D eigenvalue weighted by Crippen LogP contribution is -2.34. The summed E-state index contributed by atoms with van der Waals surface area (Å²) < 4.78 is 0. The zero-order chi connectivity index (χ0) is 16.8. The van der Waals surface area contributed by atoms with Crippen LogP contribution in [-0.2, 0) is 11.3 Å². The number of rotatable bonds is 6. The smallest absolute Gasteiger partial charge is 0.225 e. The Morgan fingerprint density at radius 3 is 2.83 bits per heavy atom. The largest absolute Gasteiger partial charge is 0.396 e. The lowest BCUT2D eigenvalue weighted by Gasteiger charge is -2.31. The summed E-state index contributed by atoms with van der Waals surface area (Å²) in [4.78, 5) is 14.6. The highest BCUT2D eigenvalue weighted by Crippen LogP contribution is 2.20. The lowest BCUT2D eigenvalue weighted by molar-refractivity contribution is -0.116. The molecule has 132 valence electrons. The van der Waals surface area contributed by atoms with Crippen molar-refractivity contribution in [3.05, 3.63) is 29.8 Å². The zero-order valence-electron chi connectivity index (χ0n) is 14.3. The summed E-state index contributed by atoms with van der Waals surface area (Å²) >= 11 is 0. The number of hydrogen-bond donors (Lipinski definition) is 3. The van der Waals surface area contributed by atoms with Gasteiger partial charge < -0.3 is 15.7 Å². The number of nitrogens with zero attached hydrogens (tertiary/aromatic N) is 1. The van der Waals surface area contributed by atoms with Gasteiger partial charge in [-0.1, -0.05) is 12.1 Å². The lowest BCUT2D eigenvalue weighted by atomic mass is 9.97. The molecule has 1 aromatic carbocycles. The van der Waals surface area contributed by atoms with E-state index in [1.165, 1.54) is 12.0 Å². The van der Waals surface area contributed by atoms with Gasteiger partial charge in [-0.25, -0.2) is 0 Å². The number of benzene rings is 1. The number of likely N-dealkylation sites (tertiary alicyclic amines) is 1. The standard InChI is InChI=1S/C19H29N3O2/c23-14-15-6-9-22(10-7-15)13-16-3-1-4-18(11-16)21-19(24)12-17-5-2-8-20-17/h1,3-4,11,15,17,20,23H,2,5-10,12-14H2,(H,21,24). The summed E-state index contributed by atoms with van der Waals surface area (Å²) in [7, 11) is 0. The van der Waals surface area contributed by atoms with Crippen molar-refractivity contribution in [3.63, 3.8) is 0 Å². The molecule has 1 unspecified atom stereocenters. The van der Waals surface area contributed by atoms with Crippen LogP contribution in [0.5, 0.6) is 0 Å². The van der Waals surface area contributed by atoms with E-state index in [4.69, 9.17) is 0 Å². The predicted molar refractivity (Wildman–Crippen MR) is 95.8 cm³/mol. The fraction of sp³-hybridized carbons (Fsp3) is 0.632. The van der Waals surface area contributed by atoms with Gasteiger partial charge in [0.1, 0.15) is 0 Å². The van der Waals surface area contributed by atoms with Gasteiger partial charge in [0, 0.05) is 31.3 Å². The first-order valence-electron chi connectivity index (χ1n) is 9.18. The molecular weight excluding hydrogens is 302 g/mol. The maximum Gasteiger partial charge on any atom is 0.225 e. The average Bonchev–Trinajstić information content (AvgIpc) is 3.08. The molecule has 24 heavy (non-hydrogen) atoms. The zero-order valence-corrected chi connectivity index (χ0v) is 14.3. The maximum absolute atomic E-state index is 12.2. The highest BCUT2D eigenvalue weighted by molar-refractivity contribution is 5.91. The fourth-order valence-electron chi connectivity index (χ4n) is 3.70. The van der Waals surface area contributed by atoms with E-state index in [1.54, 1.807) is 0 Å². The van der Waals surface area contributed by atoms with E-state index in [0.29, 0.717) is 25.0 Å². The third-order valence-corrected chi connectivity index (χ3v) is 5.18. The predicted octanol–water partition coefficient (Wildman–Crippen LogP) is 1.97. The van der Waals surface area contributed by atoms with Crippen molar-refractivity contribution >= 4 is 11.6 Å². The Morgan fingerprint density at radius 1 is 1.29 bits per heavy atom. The molecule has 0 spiro atoms. The van der Waals surface area contributed by atoms with Crippen molar-refractivity contribution in [3.8, 4) is 0 Å². The van der Waals surface area contributed by atoms with Gasteiger partial charge >= 0.3 is 0 Å². The van der Waals surface area contributed by atoms with Crippen LogP contribution >= 0.6 is 0 Å². The van der Waals surface area contributed by atoms with Gasteiger partial charge in [-0.3, -0.25) is 9.69 Å². The number of piperidine rings is 1. The first-order valence-corrected chi connectivity index (χ1v) is 9.18. The molecule has 0 saturated carbocycles. The molecule has 0 bridgehead atoms. The Bertz CT molecular complexity index is 535. The van der Waals surface area contributed by atoms with Crippen LogP contribution in [0.3, 0.4) is 0 Å². The van der Waals surface area contributed by atoms with E-state index < -0.39 is 0 Å². The van der Waals surface area contributed by atoms with E-state index >= 15 is 0 Å². The van der Waals surface area contributed by atoms with Crippen molar-refractivity contribution in [2.75, 3.05) is 31.6 Å². The number of aliphatic hydroxyl groups is 1. The van der Waals surface area contributed by atoms with Crippen molar-refractivity contribution < 1.29 is 9.90 Å². The quantitative estimate of drug-likeness (QED) is 0.746. The monoisotopic (exact) mass is 331 g/mol. The number of carbonyl (C=O) groups is 1. The van der Waals surface area contributed by atoms with Crippen LogP contribution in [0.2, 0.25) is 0 Å². The van der Waals surface area contributed by atoms with E-state index in [0.717, 1.165) is 51.1 Å². The molecule has 2 saturated heterocycles. The van der Waals surface area contributed by atoms with Crippen molar-refractivity contribution in [2.45, 2.75) is 44.7 Å². The van der Waals surface area contributed by atoms with Gasteiger partial charge in [-0.05, 0) is 68.9 Å². The Kier molecular flexibility index (Phi) is 6.24. The molecule has 2 aliphatic rings. The molecule has 2 fully saturated rings. The topological polar surface area (TPSA) is 64.6 Å². The summed E-state index contributed by atoms with van der Waals surface area (Å²) in [5.74, 6) is 0.561. The van der Waals surface area contributed by atoms with Gasteiger partial charge in [0.15, 0.2) is 0 Å². The SMILES string of the molecule is O=C(CC1CCCN1)Nc1cccc(CN2CCC(CO)CC2)c1. The number of nitrogens with one attached hydrogen (secondary N) is 2. The van der Waals surface area contributed by atoms with E-state index in [1.807, 2.05) is 12.1 Å². The summed E-state index contributed by atoms with van der Waals surface area (Å²) in [5, 5.41) is 15.6. The Labute approximate surface area is 144 Å². The molecule has 5 heteroatoms. The van der Waals surface area contributed by atoms with Crippen LogP contribution < -0.4 is 10.6 Å². The van der Waals surface area contributed by atoms with E-state index in [-0.39, 0.29) is 5.91 Å². The molecule has 0 aromatic heterocycles. The molecule has 1 aromatic rings. The molecule has 2 heterocycles. The van der Waals surface area contributed by atoms with Crippen LogP contribution in [0.25, 0.3) is 0 Å². The van der Waals surface area contributed by atoms with Crippen LogP contribution in [0.4, 0.5) is 5.69 Å². The first kappa shape index (κ1) is 17.4. The molecule has 3 N–H and O–H groups in total. The summed E-state index contributed by atoms with van der Waals surface area (Å²) in [6, 6.07) is 8.51. The Morgan fingerprint density at radius 2 is 2.12 bits per heavy atom. The highest BCUT2D eigenvalue weighted by atomic mass is 16.3. The van der Waals surface area contributed by atoms with Gasteiger partial charge in [-0.2, -0.15) is 0 Å². The maximum atomic E-state index is 12.2. The van der Waals surface area contributed by atoms with Gasteiger partial charge in [0.05, 0.1) is 0 Å². The second kappa shape index (κ2) is 8.60. The van der Waals surface area contributed by atoms with Crippen molar-refractivity contribution in [1.82, 2.24) is 10.2 Å². The minimum atomic E-state index is 0.0929. The Hall–Kier alpha value is -1.43. The summed E-state index contributed by atoms with van der Waals surface area (Å²) in [6.07, 6.45) is 4.96. The number of hydrogen-bond acceptors (Lipinski definition) is 4. The van der Waals surface area contributed by atoms with Crippen molar-refractivity contribution in [2.24, 2.45) is 5.92 Å². The molecule has 0 radical (unpaired) electrons. The average molecular weight is 331 g/mol. The molecular formula is C19H29N3O2. The molecule has 0 aliphatic carbocycles. The van der Waals surface area contributed by atoms with Gasteiger partial charge in [0.2, 0.25) is 5.91 Å². The molecule has 1 atom stereocenters. The van der Waals surface area contributed by atoms with E-state index in [2.05, 4.69) is 27.7 Å². The molecule has 1 amide bonds. The minimum Gasteiger partial charge on any atom is -0.396 e. The van der Waals surface area contributed by atoms with Crippen LogP contribution in [0.15, 0.2) is 24.3 Å². The second-order valence-corrected chi connectivity index (χ2v) is 7.15. The molecule has 3 rings (SSSR count). The fourth-order valence-corrected chi connectivity index (χ4v) is 3.70. The molecule has 5 nitrogen and oxygen atoms in total. The van der Waals surface area contributed by atoms with E-state index in [9.17, 15) is 9.90 Å². The molecule has 2 aliphatic heterocycles. The van der Waals surface area contributed by atoms with Crippen molar-refractivity contribution in [1.29, 1.82) is 0 Å². The highest BCUT2D eigenvalue weighted by Gasteiger charge is 2.19. The van der Waals surface area contributed by atoms with Crippen LogP contribution in [-0.4, -0.2) is 48.2 Å². The third-order valence-electron chi connectivity index (χ3n) is 5.18. The van der Waals surface area contributed by atoms with Gasteiger partial charge in [-0.15, -0.1) is 0 Å². The second-order valence-electron chi connectivity index (χ2n) is 7.15. The number of amides is 1. The summed E-state index contributed by atoms with van der Waals surface area (Å²) in [5.41, 5.74) is 2.12. The van der Waals surface area contributed by atoms with Gasteiger partial charge in [0.25, 0.3) is 0 Å². The summed E-state index contributed by atoms with van der Waals surface area (Å²) in [6.45, 7) is 4.32. The first-order chi connectivity index (χ1) is 11.7. The Balaban J connectivity index is 1.49.